The number of carboxylic acids is 1. The van der Waals surface area contributed by atoms with Gasteiger partial charge in [-0.2, -0.15) is 0 Å². The molecule has 1 heterocycles. The van der Waals surface area contributed by atoms with E-state index in [9.17, 15) is 4.79 Å². The summed E-state index contributed by atoms with van der Waals surface area (Å²) < 4.78 is 1.89. The lowest BCUT2D eigenvalue weighted by atomic mass is 10.2. The molecular formula is C11H17NO2. The SMILES string of the molecule is CCCc1ccc(C(=O)O)n1C(C)C. The van der Waals surface area contributed by atoms with Gasteiger partial charge in [-0.3, -0.25) is 0 Å². The summed E-state index contributed by atoms with van der Waals surface area (Å²) in [7, 11) is 0. The molecule has 0 saturated heterocycles. The van der Waals surface area contributed by atoms with Crippen molar-refractivity contribution in [3.8, 4) is 0 Å². The maximum atomic E-state index is 10.9. The molecule has 1 aromatic rings. The molecule has 0 spiro atoms. The van der Waals surface area contributed by atoms with Gasteiger partial charge in [0.25, 0.3) is 0 Å². The largest absolute Gasteiger partial charge is 0.477 e. The van der Waals surface area contributed by atoms with Gasteiger partial charge in [0.1, 0.15) is 5.69 Å². The third kappa shape index (κ3) is 1.97. The molecule has 0 amide bonds. The summed E-state index contributed by atoms with van der Waals surface area (Å²) in [5, 5.41) is 8.98. The van der Waals surface area contributed by atoms with Crippen molar-refractivity contribution in [2.75, 3.05) is 0 Å². The normalized spacial score (nSPS) is 10.9. The molecule has 0 aliphatic carbocycles. The van der Waals surface area contributed by atoms with Gasteiger partial charge in [0.2, 0.25) is 0 Å². The molecule has 3 nitrogen and oxygen atoms in total. The van der Waals surface area contributed by atoms with Crippen LogP contribution in [0.1, 0.15) is 49.4 Å². The Morgan fingerprint density at radius 2 is 2.14 bits per heavy atom. The Bertz CT molecular complexity index is 326. The zero-order valence-corrected chi connectivity index (χ0v) is 8.95. The van der Waals surface area contributed by atoms with Gasteiger partial charge in [-0.05, 0) is 32.4 Å². The van der Waals surface area contributed by atoms with Gasteiger partial charge in [0, 0.05) is 11.7 Å². The van der Waals surface area contributed by atoms with Crippen LogP contribution in [0.15, 0.2) is 12.1 Å². The maximum Gasteiger partial charge on any atom is 0.352 e. The van der Waals surface area contributed by atoms with E-state index in [1.807, 2.05) is 24.5 Å². The molecule has 0 aromatic carbocycles. The average molecular weight is 195 g/mol. The first-order valence-corrected chi connectivity index (χ1v) is 5.01. The standard InChI is InChI=1S/C11H17NO2/c1-4-5-9-6-7-10(11(13)14)12(9)8(2)3/h6-8H,4-5H2,1-3H3,(H,13,14). The number of nitrogens with zero attached hydrogens (tertiary/aromatic N) is 1. The quantitative estimate of drug-likeness (QED) is 0.802. The van der Waals surface area contributed by atoms with Gasteiger partial charge < -0.3 is 9.67 Å². The van der Waals surface area contributed by atoms with Crippen molar-refractivity contribution >= 4 is 5.97 Å². The van der Waals surface area contributed by atoms with E-state index in [1.54, 1.807) is 6.07 Å². The highest BCUT2D eigenvalue weighted by Gasteiger charge is 2.15. The number of aryl methyl sites for hydroxylation is 1. The predicted molar refractivity (Wildman–Crippen MR) is 55.8 cm³/mol. The second-order valence-corrected chi connectivity index (χ2v) is 3.73. The molecule has 0 atom stereocenters. The van der Waals surface area contributed by atoms with Crippen LogP contribution in [0.2, 0.25) is 0 Å². The van der Waals surface area contributed by atoms with E-state index >= 15 is 0 Å². The van der Waals surface area contributed by atoms with Crippen LogP contribution in [0.5, 0.6) is 0 Å². The van der Waals surface area contributed by atoms with Crippen molar-refractivity contribution in [3.05, 3.63) is 23.5 Å². The Labute approximate surface area is 84.4 Å². The van der Waals surface area contributed by atoms with Gasteiger partial charge in [0.05, 0.1) is 0 Å². The van der Waals surface area contributed by atoms with E-state index in [4.69, 9.17) is 5.11 Å². The van der Waals surface area contributed by atoms with Crippen LogP contribution in [0, 0.1) is 0 Å². The van der Waals surface area contributed by atoms with Crippen molar-refractivity contribution in [2.45, 2.75) is 39.7 Å². The van der Waals surface area contributed by atoms with Crippen molar-refractivity contribution < 1.29 is 9.90 Å². The molecule has 0 saturated carbocycles. The molecule has 0 fully saturated rings. The Kier molecular flexibility index (Phi) is 3.33. The molecule has 1 N–H and O–H groups in total. The molecule has 3 heteroatoms. The molecule has 0 radical (unpaired) electrons. The third-order valence-corrected chi connectivity index (χ3v) is 2.24. The topological polar surface area (TPSA) is 42.2 Å². The highest BCUT2D eigenvalue weighted by atomic mass is 16.4. The van der Waals surface area contributed by atoms with E-state index in [1.165, 1.54) is 0 Å². The van der Waals surface area contributed by atoms with Gasteiger partial charge in [-0.1, -0.05) is 13.3 Å². The van der Waals surface area contributed by atoms with E-state index in [-0.39, 0.29) is 6.04 Å². The van der Waals surface area contributed by atoms with Crippen LogP contribution in [-0.4, -0.2) is 15.6 Å². The third-order valence-electron chi connectivity index (χ3n) is 2.24. The highest BCUT2D eigenvalue weighted by Crippen LogP contribution is 2.17. The van der Waals surface area contributed by atoms with Crippen molar-refractivity contribution in [1.29, 1.82) is 0 Å². The number of hydrogen-bond acceptors (Lipinski definition) is 1. The Morgan fingerprint density at radius 1 is 1.50 bits per heavy atom. The zero-order valence-electron chi connectivity index (χ0n) is 8.95. The minimum atomic E-state index is -0.846. The molecule has 14 heavy (non-hydrogen) atoms. The summed E-state index contributed by atoms with van der Waals surface area (Å²) in [6.07, 6.45) is 1.97. The molecule has 1 rings (SSSR count). The molecule has 0 bridgehead atoms. The van der Waals surface area contributed by atoms with E-state index in [0.29, 0.717) is 5.69 Å². The summed E-state index contributed by atoms with van der Waals surface area (Å²) in [6, 6.07) is 3.80. The fourth-order valence-corrected chi connectivity index (χ4v) is 1.73. The van der Waals surface area contributed by atoms with Crippen molar-refractivity contribution in [2.24, 2.45) is 0 Å². The molecule has 1 aromatic heterocycles. The Morgan fingerprint density at radius 3 is 2.57 bits per heavy atom. The second-order valence-electron chi connectivity index (χ2n) is 3.73. The number of aromatic carboxylic acids is 1. The predicted octanol–water partition coefficient (Wildman–Crippen LogP) is 2.72. The maximum absolute atomic E-state index is 10.9. The minimum Gasteiger partial charge on any atom is -0.477 e. The first kappa shape index (κ1) is 10.8. The van der Waals surface area contributed by atoms with Crippen LogP contribution < -0.4 is 0 Å². The van der Waals surface area contributed by atoms with Gasteiger partial charge >= 0.3 is 5.97 Å². The van der Waals surface area contributed by atoms with Crippen molar-refractivity contribution in [1.82, 2.24) is 4.57 Å². The summed E-state index contributed by atoms with van der Waals surface area (Å²) in [4.78, 5) is 10.9. The molecule has 0 unspecified atom stereocenters. The Balaban J connectivity index is 3.13. The van der Waals surface area contributed by atoms with Gasteiger partial charge in [-0.25, -0.2) is 4.79 Å². The number of rotatable bonds is 4. The van der Waals surface area contributed by atoms with Gasteiger partial charge in [0.15, 0.2) is 0 Å². The fourth-order valence-electron chi connectivity index (χ4n) is 1.73. The monoisotopic (exact) mass is 195 g/mol. The minimum absolute atomic E-state index is 0.206. The highest BCUT2D eigenvalue weighted by molar-refractivity contribution is 5.86. The lowest BCUT2D eigenvalue weighted by molar-refractivity contribution is 0.0683. The zero-order chi connectivity index (χ0) is 10.7. The van der Waals surface area contributed by atoms with E-state index < -0.39 is 5.97 Å². The lowest BCUT2D eigenvalue weighted by Gasteiger charge is -2.14. The number of carbonyl (C=O) groups is 1. The molecular weight excluding hydrogens is 178 g/mol. The lowest BCUT2D eigenvalue weighted by Crippen LogP contribution is -2.13. The average Bonchev–Trinajstić information content (AvgIpc) is 2.48. The van der Waals surface area contributed by atoms with Crippen molar-refractivity contribution in [3.63, 3.8) is 0 Å². The molecule has 78 valence electrons. The number of aromatic nitrogens is 1. The summed E-state index contributed by atoms with van der Waals surface area (Å²) in [5.74, 6) is -0.846. The summed E-state index contributed by atoms with van der Waals surface area (Å²) in [6.45, 7) is 6.11. The fraction of sp³-hybridized carbons (Fsp3) is 0.545. The first-order valence-electron chi connectivity index (χ1n) is 5.01. The smallest absolute Gasteiger partial charge is 0.352 e. The number of carboxylic acid groups (broad SMARTS) is 1. The Hall–Kier alpha value is -1.25. The summed E-state index contributed by atoms with van der Waals surface area (Å²) >= 11 is 0. The summed E-state index contributed by atoms with van der Waals surface area (Å²) in [5.41, 5.74) is 1.50. The van der Waals surface area contributed by atoms with Gasteiger partial charge in [-0.15, -0.1) is 0 Å². The molecule has 0 aliphatic rings. The van der Waals surface area contributed by atoms with Crippen LogP contribution in [0.25, 0.3) is 0 Å². The van der Waals surface area contributed by atoms with Crippen LogP contribution in [0.3, 0.4) is 0 Å². The second kappa shape index (κ2) is 4.31. The van der Waals surface area contributed by atoms with E-state index in [0.717, 1.165) is 18.5 Å². The van der Waals surface area contributed by atoms with Crippen LogP contribution >= 0.6 is 0 Å². The van der Waals surface area contributed by atoms with Crippen LogP contribution in [0.4, 0.5) is 0 Å². The first-order chi connectivity index (χ1) is 6.57. The number of hydrogen-bond donors (Lipinski definition) is 1. The molecule has 0 aliphatic heterocycles. The van der Waals surface area contributed by atoms with Crippen LogP contribution in [-0.2, 0) is 6.42 Å². The van der Waals surface area contributed by atoms with E-state index in [2.05, 4.69) is 6.92 Å².